The van der Waals surface area contributed by atoms with Gasteiger partial charge in [0.2, 0.25) is 0 Å². The molecular weight excluding hydrogens is 188 g/mol. The maximum Gasteiger partial charge on any atom is 0.126 e. The van der Waals surface area contributed by atoms with E-state index >= 15 is 0 Å². The summed E-state index contributed by atoms with van der Waals surface area (Å²) in [5.74, 6) is 5.81. The molecule has 1 heterocycles. The topological polar surface area (TPSA) is 46.3 Å². The van der Waals surface area contributed by atoms with Crippen LogP contribution in [0.25, 0.3) is 0 Å². The number of hydrogen-bond donors (Lipinski definition) is 1. The van der Waals surface area contributed by atoms with Crippen molar-refractivity contribution < 1.29 is 4.79 Å². The molecule has 0 saturated carbocycles. The van der Waals surface area contributed by atoms with Crippen LogP contribution in [0.2, 0.25) is 0 Å². The number of ketones is 1. The van der Waals surface area contributed by atoms with Crippen molar-refractivity contribution in [3.05, 3.63) is 0 Å². The van der Waals surface area contributed by atoms with Crippen LogP contribution in [0.1, 0.15) is 53.4 Å². The van der Waals surface area contributed by atoms with Crippen molar-refractivity contribution in [3.8, 4) is 0 Å². The number of carbonyl (C=O) groups excluding carboxylic acids is 1. The molecule has 0 radical (unpaired) electrons. The highest BCUT2D eigenvalue weighted by molar-refractivity contribution is 5.72. The van der Waals surface area contributed by atoms with Crippen LogP contribution in [0.4, 0.5) is 0 Å². The molecule has 0 aromatic rings. The Kier molecular flexibility index (Phi) is 6.77. The summed E-state index contributed by atoms with van der Waals surface area (Å²) < 4.78 is 0. The fraction of sp³-hybridized carbons (Fsp3) is 0.917. The summed E-state index contributed by atoms with van der Waals surface area (Å²) in [6.45, 7) is 9.82. The third-order valence-corrected chi connectivity index (χ3v) is 2.64. The Bertz CT molecular complexity index is 167. The van der Waals surface area contributed by atoms with E-state index < -0.39 is 0 Å². The zero-order chi connectivity index (χ0) is 11.9. The monoisotopic (exact) mass is 214 g/mol. The highest BCUT2D eigenvalue weighted by Gasteiger charge is 2.39. The predicted molar refractivity (Wildman–Crippen MR) is 64.4 cm³/mol. The molecule has 0 aromatic heterocycles. The molecule has 0 aliphatic carbocycles. The van der Waals surface area contributed by atoms with Crippen molar-refractivity contribution in [2.24, 2.45) is 11.3 Å². The van der Waals surface area contributed by atoms with E-state index in [1.807, 2.05) is 5.01 Å². The Balaban J connectivity index is 0.000000423. The summed E-state index contributed by atoms with van der Waals surface area (Å²) in [6, 6.07) is 0. The lowest BCUT2D eigenvalue weighted by atomic mass is 9.74. The quantitative estimate of drug-likeness (QED) is 0.731. The first-order valence-corrected chi connectivity index (χ1v) is 5.92. The fourth-order valence-electron chi connectivity index (χ4n) is 2.32. The van der Waals surface area contributed by atoms with Gasteiger partial charge in [-0.2, -0.15) is 0 Å². The minimum absolute atomic E-state index is 0.167. The van der Waals surface area contributed by atoms with Gasteiger partial charge >= 0.3 is 0 Å². The van der Waals surface area contributed by atoms with Crippen LogP contribution in [-0.2, 0) is 4.79 Å². The van der Waals surface area contributed by atoms with Gasteiger partial charge in [0.1, 0.15) is 5.78 Å². The number of nitrogens with two attached hydrogens (primary N) is 1. The molecule has 0 atom stereocenters. The van der Waals surface area contributed by atoms with Crippen molar-refractivity contribution in [1.82, 2.24) is 5.01 Å². The van der Waals surface area contributed by atoms with Crippen molar-refractivity contribution in [2.45, 2.75) is 53.4 Å². The van der Waals surface area contributed by atoms with E-state index in [0.29, 0.717) is 5.41 Å². The van der Waals surface area contributed by atoms with Crippen LogP contribution in [0, 0.1) is 5.41 Å². The van der Waals surface area contributed by atoms with Crippen molar-refractivity contribution in [2.75, 3.05) is 13.1 Å². The van der Waals surface area contributed by atoms with Crippen LogP contribution in [0.3, 0.4) is 0 Å². The zero-order valence-electron chi connectivity index (χ0n) is 10.7. The molecule has 1 saturated heterocycles. The summed E-state index contributed by atoms with van der Waals surface area (Å²) >= 11 is 0. The molecule has 1 fully saturated rings. The minimum Gasteiger partial charge on any atom is -0.300 e. The fourth-order valence-corrected chi connectivity index (χ4v) is 2.32. The van der Waals surface area contributed by atoms with Crippen LogP contribution >= 0.6 is 0 Å². The molecule has 0 bridgehead atoms. The average Bonchev–Trinajstić information content (AvgIpc) is 2.01. The molecule has 3 heteroatoms. The molecule has 0 spiro atoms. The summed E-state index contributed by atoms with van der Waals surface area (Å²) in [4.78, 5) is 9.44. The Morgan fingerprint density at radius 3 is 1.73 bits per heavy atom. The Labute approximate surface area is 94.0 Å². The normalized spacial score (nSPS) is 18.7. The highest BCUT2D eigenvalue weighted by Crippen LogP contribution is 2.37. The van der Waals surface area contributed by atoms with Gasteiger partial charge in [-0.25, -0.2) is 5.01 Å². The molecule has 90 valence electrons. The molecule has 2 N–H and O–H groups in total. The van der Waals surface area contributed by atoms with E-state index in [1.165, 1.54) is 39.5 Å². The molecule has 1 aliphatic heterocycles. The van der Waals surface area contributed by atoms with Gasteiger partial charge in [0, 0.05) is 13.1 Å². The van der Waals surface area contributed by atoms with Crippen molar-refractivity contribution in [1.29, 1.82) is 0 Å². The summed E-state index contributed by atoms with van der Waals surface area (Å²) in [5.41, 5.74) is 0.595. The highest BCUT2D eigenvalue weighted by atomic mass is 16.1. The maximum atomic E-state index is 9.44. The first-order valence-electron chi connectivity index (χ1n) is 5.92. The van der Waals surface area contributed by atoms with E-state index in [0.717, 1.165) is 13.1 Å². The van der Waals surface area contributed by atoms with E-state index in [-0.39, 0.29) is 5.78 Å². The van der Waals surface area contributed by atoms with Gasteiger partial charge in [-0.15, -0.1) is 0 Å². The first-order chi connectivity index (χ1) is 6.95. The van der Waals surface area contributed by atoms with Crippen LogP contribution in [0.15, 0.2) is 0 Å². The van der Waals surface area contributed by atoms with Gasteiger partial charge in [0.25, 0.3) is 0 Å². The summed E-state index contributed by atoms with van der Waals surface area (Å²) in [5, 5.41) is 1.94. The van der Waals surface area contributed by atoms with Gasteiger partial charge < -0.3 is 4.79 Å². The lowest BCUT2D eigenvalue weighted by Gasteiger charge is -2.48. The second kappa shape index (κ2) is 6.96. The van der Waals surface area contributed by atoms with Gasteiger partial charge in [0.15, 0.2) is 0 Å². The first kappa shape index (κ1) is 14.6. The van der Waals surface area contributed by atoms with Gasteiger partial charge in [-0.3, -0.25) is 5.84 Å². The predicted octanol–water partition coefficient (Wildman–Crippen LogP) is 2.36. The van der Waals surface area contributed by atoms with Gasteiger partial charge in [-0.05, 0) is 32.1 Å². The zero-order valence-corrected chi connectivity index (χ0v) is 10.7. The third-order valence-electron chi connectivity index (χ3n) is 2.64. The van der Waals surface area contributed by atoms with E-state index in [4.69, 9.17) is 5.84 Å². The molecule has 0 aromatic carbocycles. The Morgan fingerprint density at radius 1 is 1.20 bits per heavy atom. The summed E-state index contributed by atoms with van der Waals surface area (Å²) in [6.07, 6.45) is 5.31. The number of rotatable bonds is 4. The molecule has 0 amide bonds. The number of hydrogen-bond acceptors (Lipinski definition) is 3. The van der Waals surface area contributed by atoms with Gasteiger partial charge in [-0.1, -0.05) is 26.7 Å². The van der Waals surface area contributed by atoms with Crippen LogP contribution in [0.5, 0.6) is 0 Å². The molecule has 3 nitrogen and oxygen atoms in total. The van der Waals surface area contributed by atoms with E-state index in [9.17, 15) is 4.79 Å². The molecule has 0 unspecified atom stereocenters. The number of carbonyl (C=O) groups is 1. The lowest BCUT2D eigenvalue weighted by Crippen LogP contribution is -2.59. The number of Topliss-reactive ketones (excluding diaryl/α,β-unsaturated/α-hetero) is 1. The van der Waals surface area contributed by atoms with Crippen molar-refractivity contribution in [3.63, 3.8) is 0 Å². The van der Waals surface area contributed by atoms with Crippen LogP contribution < -0.4 is 5.84 Å². The summed E-state index contributed by atoms with van der Waals surface area (Å²) in [7, 11) is 0. The number of nitrogens with zero attached hydrogens (tertiary/aromatic N) is 1. The Hall–Kier alpha value is -0.410. The van der Waals surface area contributed by atoms with Crippen molar-refractivity contribution >= 4 is 5.78 Å². The maximum absolute atomic E-state index is 9.44. The smallest absolute Gasteiger partial charge is 0.126 e. The molecule has 1 rings (SSSR count). The molecular formula is C12H26N2O. The molecule has 1 aliphatic rings. The SMILES string of the molecule is CC(C)=O.CCCC1(CCC)CN(N)C1. The lowest BCUT2D eigenvalue weighted by molar-refractivity contribution is -0.114. The second-order valence-electron chi connectivity index (χ2n) is 4.81. The van der Waals surface area contributed by atoms with Crippen LogP contribution in [-0.4, -0.2) is 23.9 Å². The number of hydrazine groups is 1. The Morgan fingerprint density at radius 2 is 1.53 bits per heavy atom. The third kappa shape index (κ3) is 5.90. The average molecular weight is 214 g/mol. The van der Waals surface area contributed by atoms with Gasteiger partial charge in [0.05, 0.1) is 0 Å². The molecule has 15 heavy (non-hydrogen) atoms. The largest absolute Gasteiger partial charge is 0.300 e. The standard InChI is InChI=1S/C9H20N2.C3H6O/c1-3-5-9(6-4-2)7-11(10)8-9;1-3(2)4/h3-8,10H2,1-2H3;1-2H3. The second-order valence-corrected chi connectivity index (χ2v) is 4.81. The van der Waals surface area contributed by atoms with E-state index in [1.54, 1.807) is 0 Å². The van der Waals surface area contributed by atoms with E-state index in [2.05, 4.69) is 13.8 Å². The minimum atomic E-state index is 0.167.